The molecule has 7 heteroatoms. The summed E-state index contributed by atoms with van der Waals surface area (Å²) in [5.41, 5.74) is 1.14. The van der Waals surface area contributed by atoms with E-state index in [9.17, 15) is 0 Å². The molecule has 0 aliphatic rings. The highest BCUT2D eigenvalue weighted by Gasteiger charge is 2.01. The minimum Gasteiger partial charge on any atom is -0.492 e. The Hall–Kier alpha value is -1.32. The maximum atomic E-state index is 5.80. The van der Waals surface area contributed by atoms with Gasteiger partial charge in [0.05, 0.1) is 6.54 Å². The molecule has 0 spiro atoms. The zero-order valence-corrected chi connectivity index (χ0v) is 19.6. The monoisotopic (exact) mass is 502 g/mol. The van der Waals surface area contributed by atoms with E-state index in [1.807, 2.05) is 26.2 Å². The minimum absolute atomic E-state index is 0. The van der Waals surface area contributed by atoms with Crippen LogP contribution in [0.4, 0.5) is 0 Å². The molecule has 0 unspecified atom stereocenters. The Labute approximate surface area is 184 Å². The van der Waals surface area contributed by atoms with Gasteiger partial charge < -0.3 is 20.3 Å². The van der Waals surface area contributed by atoms with Crippen LogP contribution in [0.2, 0.25) is 0 Å². The van der Waals surface area contributed by atoms with Gasteiger partial charge in [-0.15, -0.1) is 35.3 Å². The van der Waals surface area contributed by atoms with Crippen LogP contribution in [-0.4, -0.2) is 51.2 Å². The normalized spacial score (nSPS) is 11.2. The van der Waals surface area contributed by atoms with E-state index in [-0.39, 0.29) is 24.0 Å². The molecular weight excluding hydrogens is 471 g/mol. The molecule has 150 valence electrons. The summed E-state index contributed by atoms with van der Waals surface area (Å²) in [6, 6.07) is 12.4. The number of benzene rings is 1. The molecule has 1 heterocycles. The van der Waals surface area contributed by atoms with Crippen molar-refractivity contribution in [3.63, 3.8) is 0 Å². The van der Waals surface area contributed by atoms with Crippen LogP contribution in [0.1, 0.15) is 17.4 Å². The number of rotatable bonds is 10. The van der Waals surface area contributed by atoms with E-state index >= 15 is 0 Å². The van der Waals surface area contributed by atoms with Gasteiger partial charge in [0.15, 0.2) is 5.96 Å². The van der Waals surface area contributed by atoms with Crippen LogP contribution in [0.5, 0.6) is 5.75 Å². The summed E-state index contributed by atoms with van der Waals surface area (Å²) in [5.74, 6) is 1.75. The lowest BCUT2D eigenvalue weighted by Gasteiger charge is -2.12. The van der Waals surface area contributed by atoms with Crippen LogP contribution in [0.3, 0.4) is 0 Å². The molecular formula is C20H31IN4OS. The van der Waals surface area contributed by atoms with Crippen LogP contribution in [-0.2, 0) is 13.0 Å². The molecule has 0 aliphatic heterocycles. The van der Waals surface area contributed by atoms with Gasteiger partial charge in [-0.3, -0.25) is 0 Å². The molecule has 0 amide bonds. The average molecular weight is 502 g/mol. The van der Waals surface area contributed by atoms with Crippen LogP contribution in [0.15, 0.2) is 46.8 Å². The highest BCUT2D eigenvalue weighted by atomic mass is 127. The second-order valence-electron chi connectivity index (χ2n) is 6.25. The van der Waals surface area contributed by atoms with Crippen molar-refractivity contribution < 1.29 is 4.74 Å². The maximum Gasteiger partial charge on any atom is 0.191 e. The molecule has 2 N–H and O–H groups in total. The first-order chi connectivity index (χ1) is 12.7. The van der Waals surface area contributed by atoms with Crippen molar-refractivity contribution in [3.05, 3.63) is 52.2 Å². The van der Waals surface area contributed by atoms with Crippen molar-refractivity contribution in [1.82, 2.24) is 15.5 Å². The lowest BCUT2D eigenvalue weighted by molar-refractivity contribution is 0.261. The van der Waals surface area contributed by atoms with Gasteiger partial charge in [0.1, 0.15) is 12.4 Å². The van der Waals surface area contributed by atoms with Gasteiger partial charge in [-0.1, -0.05) is 18.2 Å². The first kappa shape index (κ1) is 23.7. The molecule has 27 heavy (non-hydrogen) atoms. The fraction of sp³-hybridized carbons (Fsp3) is 0.450. The molecule has 0 radical (unpaired) electrons. The highest BCUT2D eigenvalue weighted by Crippen LogP contribution is 2.14. The number of nitrogens with zero attached hydrogens (tertiary/aromatic N) is 2. The summed E-state index contributed by atoms with van der Waals surface area (Å²) in [6.45, 7) is 6.02. The van der Waals surface area contributed by atoms with Gasteiger partial charge in [0, 0.05) is 24.5 Å². The number of aliphatic imine (C=N–C) groups is 1. The molecule has 0 fully saturated rings. The van der Waals surface area contributed by atoms with Crippen LogP contribution in [0, 0.1) is 0 Å². The number of halogens is 1. The molecule has 0 bridgehead atoms. The molecule has 0 saturated carbocycles. The van der Waals surface area contributed by atoms with Crippen molar-refractivity contribution in [2.45, 2.75) is 19.9 Å². The predicted octanol–water partition coefficient (Wildman–Crippen LogP) is 3.60. The maximum absolute atomic E-state index is 5.80. The highest BCUT2D eigenvalue weighted by molar-refractivity contribution is 14.0. The van der Waals surface area contributed by atoms with Crippen molar-refractivity contribution in [1.29, 1.82) is 0 Å². The van der Waals surface area contributed by atoms with Gasteiger partial charge in [-0.25, -0.2) is 4.99 Å². The first-order valence-corrected chi connectivity index (χ1v) is 9.96. The van der Waals surface area contributed by atoms with Gasteiger partial charge in [0.2, 0.25) is 0 Å². The van der Waals surface area contributed by atoms with Crippen molar-refractivity contribution in [3.8, 4) is 5.75 Å². The fourth-order valence-electron chi connectivity index (χ4n) is 2.35. The lowest BCUT2D eigenvalue weighted by atomic mass is 10.2. The van der Waals surface area contributed by atoms with Gasteiger partial charge in [-0.2, -0.15) is 0 Å². The third-order valence-electron chi connectivity index (χ3n) is 3.71. The predicted molar refractivity (Wildman–Crippen MR) is 127 cm³/mol. The van der Waals surface area contributed by atoms with Crippen LogP contribution >= 0.6 is 35.3 Å². The third-order valence-corrected chi connectivity index (χ3v) is 4.65. The number of likely N-dealkylation sites (N-methyl/N-ethyl adjacent to an activating group) is 1. The summed E-state index contributed by atoms with van der Waals surface area (Å²) in [5, 5.41) is 8.81. The number of nitrogens with one attached hydrogen (secondary N) is 2. The molecule has 0 saturated heterocycles. The second kappa shape index (κ2) is 13.8. The summed E-state index contributed by atoms with van der Waals surface area (Å²) in [6.07, 6.45) is 1.01. The van der Waals surface area contributed by atoms with Crippen molar-refractivity contribution in [2.75, 3.05) is 40.3 Å². The second-order valence-corrected chi connectivity index (χ2v) is 7.28. The number of thiophene rings is 1. The Balaban J connectivity index is 0.00000364. The van der Waals surface area contributed by atoms with Gasteiger partial charge in [0.25, 0.3) is 0 Å². The largest absolute Gasteiger partial charge is 0.492 e. The summed E-state index contributed by atoms with van der Waals surface area (Å²) in [4.78, 5) is 8.18. The number of hydrogen-bond donors (Lipinski definition) is 2. The molecule has 2 rings (SSSR count). The van der Waals surface area contributed by atoms with Gasteiger partial charge >= 0.3 is 0 Å². The van der Waals surface area contributed by atoms with E-state index in [1.54, 1.807) is 11.3 Å². The van der Waals surface area contributed by atoms with Crippen molar-refractivity contribution in [2.24, 2.45) is 4.99 Å². The van der Waals surface area contributed by atoms with E-state index < -0.39 is 0 Å². The Bertz CT molecular complexity index is 662. The molecule has 0 atom stereocenters. The molecule has 0 aliphatic carbocycles. The summed E-state index contributed by atoms with van der Waals surface area (Å²) < 4.78 is 5.80. The quantitative estimate of drug-likeness (QED) is 0.296. The average Bonchev–Trinajstić information content (AvgIpc) is 3.13. The van der Waals surface area contributed by atoms with Crippen LogP contribution in [0.25, 0.3) is 0 Å². The smallest absolute Gasteiger partial charge is 0.191 e. The number of guanidine groups is 1. The molecule has 5 nitrogen and oxygen atoms in total. The van der Waals surface area contributed by atoms with E-state index in [2.05, 4.69) is 57.1 Å². The zero-order valence-electron chi connectivity index (χ0n) is 16.4. The number of hydrogen-bond acceptors (Lipinski definition) is 4. The number of ether oxygens (including phenoxy) is 1. The summed E-state index contributed by atoms with van der Waals surface area (Å²) >= 11 is 1.79. The summed E-state index contributed by atoms with van der Waals surface area (Å²) in [7, 11) is 4.09. The molecule has 1 aromatic carbocycles. The van der Waals surface area contributed by atoms with E-state index in [0.29, 0.717) is 13.2 Å². The van der Waals surface area contributed by atoms with Gasteiger partial charge in [-0.05, 0) is 56.6 Å². The van der Waals surface area contributed by atoms with Crippen LogP contribution < -0.4 is 15.4 Å². The Morgan fingerprint density at radius 1 is 1.19 bits per heavy atom. The Kier molecular flexibility index (Phi) is 12.1. The molecule has 1 aromatic heterocycles. The zero-order chi connectivity index (χ0) is 18.6. The Morgan fingerprint density at radius 3 is 2.74 bits per heavy atom. The fourth-order valence-corrected chi connectivity index (χ4v) is 3.06. The first-order valence-electron chi connectivity index (χ1n) is 9.08. The Morgan fingerprint density at radius 2 is 2.04 bits per heavy atom. The third kappa shape index (κ3) is 9.97. The SMILES string of the molecule is CCNC(=NCc1cccc(OCCN(C)C)c1)NCCc1cccs1.I. The van der Waals surface area contributed by atoms with E-state index in [0.717, 1.165) is 43.3 Å². The lowest BCUT2D eigenvalue weighted by Crippen LogP contribution is -2.38. The van der Waals surface area contributed by atoms with E-state index in [1.165, 1.54) is 4.88 Å². The topological polar surface area (TPSA) is 48.9 Å². The standard InChI is InChI=1S/C20H30N4OS.HI/c1-4-21-20(22-11-10-19-9-6-14-26-19)23-16-17-7-5-8-18(15-17)25-13-12-24(2)3;/h5-9,14-15H,4,10-13,16H2,1-3H3,(H2,21,22,23);1H. The minimum atomic E-state index is 0. The molecule has 2 aromatic rings. The van der Waals surface area contributed by atoms with Crippen molar-refractivity contribution >= 4 is 41.3 Å². The van der Waals surface area contributed by atoms with E-state index in [4.69, 9.17) is 4.74 Å².